The Balaban J connectivity index is 3.21. The van der Waals surface area contributed by atoms with Crippen molar-refractivity contribution in [3.63, 3.8) is 0 Å². The summed E-state index contributed by atoms with van der Waals surface area (Å²) in [5.41, 5.74) is -0.130. The molecule has 102 valence electrons. The average molecular weight is 269 g/mol. The molecule has 1 aromatic carbocycles. The highest BCUT2D eigenvalue weighted by atomic mass is 19.3. The number of hydrogen-bond acceptors (Lipinski definition) is 4. The largest absolute Gasteiger partial charge is 0.466 e. The lowest BCUT2D eigenvalue weighted by Crippen LogP contribution is -2.10. The van der Waals surface area contributed by atoms with Crippen LogP contribution in [-0.2, 0) is 22.6 Å². The van der Waals surface area contributed by atoms with Crippen molar-refractivity contribution in [3.8, 4) is 6.07 Å². The van der Waals surface area contributed by atoms with Crippen LogP contribution in [0, 0.1) is 11.3 Å². The minimum Gasteiger partial charge on any atom is -0.466 e. The molecule has 0 unspecified atom stereocenters. The molecule has 0 aliphatic carbocycles. The Morgan fingerprint density at radius 2 is 2.16 bits per heavy atom. The number of esters is 1. The molecule has 1 rings (SSSR count). The highest BCUT2D eigenvalue weighted by Crippen LogP contribution is 2.27. The van der Waals surface area contributed by atoms with Crippen LogP contribution in [0.3, 0.4) is 0 Å². The first-order chi connectivity index (χ1) is 9.03. The first-order valence-electron chi connectivity index (χ1n) is 5.63. The van der Waals surface area contributed by atoms with Gasteiger partial charge < -0.3 is 9.84 Å². The Hall–Kier alpha value is -2.00. The average Bonchev–Trinajstić information content (AvgIpc) is 2.38. The first-order valence-corrected chi connectivity index (χ1v) is 5.63. The fourth-order valence-corrected chi connectivity index (χ4v) is 1.67. The highest BCUT2D eigenvalue weighted by molar-refractivity contribution is 5.73. The van der Waals surface area contributed by atoms with Crippen LogP contribution < -0.4 is 0 Å². The Morgan fingerprint density at radius 1 is 1.47 bits per heavy atom. The second kappa shape index (κ2) is 6.81. The van der Waals surface area contributed by atoms with Gasteiger partial charge in [-0.3, -0.25) is 4.79 Å². The van der Waals surface area contributed by atoms with Crippen molar-refractivity contribution in [2.75, 3.05) is 6.61 Å². The summed E-state index contributed by atoms with van der Waals surface area (Å²) >= 11 is 0. The normalized spacial score (nSPS) is 10.3. The number of hydrogen-bond donors (Lipinski definition) is 1. The number of rotatable bonds is 5. The van der Waals surface area contributed by atoms with Crippen molar-refractivity contribution < 1.29 is 23.4 Å². The molecule has 0 aromatic heterocycles. The topological polar surface area (TPSA) is 70.3 Å². The number of carbonyl (C=O) groups excluding carboxylic acids is 1. The van der Waals surface area contributed by atoms with Crippen molar-refractivity contribution >= 4 is 5.97 Å². The van der Waals surface area contributed by atoms with Crippen LogP contribution in [0.2, 0.25) is 0 Å². The lowest BCUT2D eigenvalue weighted by atomic mass is 9.97. The molecule has 0 heterocycles. The quantitative estimate of drug-likeness (QED) is 0.831. The number of aliphatic hydroxyl groups is 1. The van der Waals surface area contributed by atoms with Crippen molar-refractivity contribution in [2.24, 2.45) is 0 Å². The molecule has 1 aromatic rings. The number of nitriles is 1. The molecule has 0 radical (unpaired) electrons. The van der Waals surface area contributed by atoms with E-state index in [1.807, 2.05) is 0 Å². The van der Waals surface area contributed by atoms with Crippen LogP contribution >= 0.6 is 0 Å². The van der Waals surface area contributed by atoms with Gasteiger partial charge in [-0.1, -0.05) is 0 Å². The van der Waals surface area contributed by atoms with E-state index < -0.39 is 19.0 Å². The Bertz CT molecular complexity index is 509. The predicted molar refractivity (Wildman–Crippen MR) is 62.4 cm³/mol. The first kappa shape index (κ1) is 15.1. The Labute approximate surface area is 109 Å². The Kier molecular flexibility index (Phi) is 5.39. The van der Waals surface area contributed by atoms with Gasteiger partial charge >= 0.3 is 5.97 Å². The third-order valence-corrected chi connectivity index (χ3v) is 2.53. The fraction of sp³-hybridized carbons (Fsp3) is 0.385. The SMILES string of the molecule is CCOC(=O)Cc1cc(C#N)c(CO)cc1C(F)F. The molecular weight excluding hydrogens is 256 g/mol. The van der Waals surface area contributed by atoms with E-state index in [-0.39, 0.29) is 35.3 Å². The molecule has 0 saturated heterocycles. The number of benzene rings is 1. The molecule has 0 fully saturated rings. The van der Waals surface area contributed by atoms with Crippen molar-refractivity contribution in [1.82, 2.24) is 0 Å². The predicted octanol–water partition coefficient (Wildman–Crippen LogP) is 2.09. The zero-order valence-corrected chi connectivity index (χ0v) is 10.3. The number of ether oxygens (including phenoxy) is 1. The van der Waals surface area contributed by atoms with E-state index in [4.69, 9.17) is 15.1 Å². The standard InChI is InChI=1S/C13H13F2NO3/c1-2-19-12(18)5-8-3-9(6-16)10(7-17)4-11(8)13(14)15/h3-4,13,17H,2,5,7H2,1H3. The van der Waals surface area contributed by atoms with Gasteiger partial charge in [0.25, 0.3) is 6.43 Å². The maximum atomic E-state index is 12.9. The van der Waals surface area contributed by atoms with E-state index in [9.17, 15) is 13.6 Å². The van der Waals surface area contributed by atoms with Gasteiger partial charge in [0.05, 0.1) is 31.3 Å². The maximum absolute atomic E-state index is 12.9. The summed E-state index contributed by atoms with van der Waals surface area (Å²) in [6.45, 7) is 1.26. The molecule has 19 heavy (non-hydrogen) atoms. The minimum atomic E-state index is -2.79. The van der Waals surface area contributed by atoms with Gasteiger partial charge in [-0.25, -0.2) is 8.78 Å². The van der Waals surface area contributed by atoms with E-state index in [0.717, 1.165) is 6.07 Å². The van der Waals surface area contributed by atoms with Crippen LogP contribution in [0.5, 0.6) is 0 Å². The minimum absolute atomic E-state index is 0.0437. The molecule has 1 N–H and O–H groups in total. The van der Waals surface area contributed by atoms with Gasteiger partial charge in [0.1, 0.15) is 0 Å². The molecule has 0 aliphatic heterocycles. The summed E-state index contributed by atoms with van der Waals surface area (Å²) in [5, 5.41) is 17.9. The lowest BCUT2D eigenvalue weighted by molar-refractivity contribution is -0.142. The van der Waals surface area contributed by atoms with E-state index >= 15 is 0 Å². The lowest BCUT2D eigenvalue weighted by Gasteiger charge is -2.11. The van der Waals surface area contributed by atoms with Gasteiger partial charge in [-0.15, -0.1) is 0 Å². The van der Waals surface area contributed by atoms with Gasteiger partial charge in [0.15, 0.2) is 0 Å². The van der Waals surface area contributed by atoms with Gasteiger partial charge in [-0.2, -0.15) is 5.26 Å². The van der Waals surface area contributed by atoms with Crippen LogP contribution in [0.25, 0.3) is 0 Å². The van der Waals surface area contributed by atoms with Crippen molar-refractivity contribution in [3.05, 3.63) is 34.4 Å². The third-order valence-electron chi connectivity index (χ3n) is 2.53. The molecule has 0 saturated carbocycles. The summed E-state index contributed by atoms with van der Waals surface area (Å²) in [4.78, 5) is 11.3. The van der Waals surface area contributed by atoms with Crippen molar-refractivity contribution in [1.29, 1.82) is 5.26 Å². The third kappa shape index (κ3) is 3.73. The van der Waals surface area contributed by atoms with Crippen LogP contribution in [0.1, 0.15) is 35.6 Å². The van der Waals surface area contributed by atoms with Crippen LogP contribution in [0.15, 0.2) is 12.1 Å². The molecule has 0 aliphatic rings. The van der Waals surface area contributed by atoms with Crippen LogP contribution in [-0.4, -0.2) is 17.7 Å². The van der Waals surface area contributed by atoms with Crippen molar-refractivity contribution in [2.45, 2.75) is 26.4 Å². The van der Waals surface area contributed by atoms with Gasteiger partial charge in [-0.05, 0) is 30.2 Å². The second-order valence-electron chi connectivity index (χ2n) is 3.76. The van der Waals surface area contributed by atoms with Gasteiger partial charge in [0.2, 0.25) is 0 Å². The number of aliphatic hydroxyl groups excluding tert-OH is 1. The number of carbonyl (C=O) groups is 1. The zero-order valence-electron chi connectivity index (χ0n) is 10.3. The smallest absolute Gasteiger partial charge is 0.310 e. The number of halogens is 2. The molecule has 6 heteroatoms. The summed E-state index contributed by atoms with van der Waals surface area (Å²) in [5.74, 6) is -0.634. The molecule has 0 amide bonds. The molecular formula is C13H13F2NO3. The summed E-state index contributed by atoms with van der Waals surface area (Å²) < 4.78 is 30.5. The number of alkyl halides is 2. The monoisotopic (exact) mass is 269 g/mol. The van der Waals surface area contributed by atoms with E-state index in [0.29, 0.717) is 0 Å². The zero-order chi connectivity index (χ0) is 14.4. The van der Waals surface area contributed by atoms with E-state index in [1.165, 1.54) is 6.07 Å². The number of nitrogens with zero attached hydrogens (tertiary/aromatic N) is 1. The molecule has 0 atom stereocenters. The maximum Gasteiger partial charge on any atom is 0.310 e. The fourth-order valence-electron chi connectivity index (χ4n) is 1.67. The summed E-state index contributed by atoms with van der Waals surface area (Å²) in [6, 6.07) is 4.05. The summed E-state index contributed by atoms with van der Waals surface area (Å²) in [6.07, 6.45) is -3.11. The highest BCUT2D eigenvalue weighted by Gasteiger charge is 2.19. The van der Waals surface area contributed by atoms with Gasteiger partial charge in [0, 0.05) is 5.56 Å². The molecule has 4 nitrogen and oxygen atoms in total. The van der Waals surface area contributed by atoms with Crippen LogP contribution in [0.4, 0.5) is 8.78 Å². The molecule has 0 spiro atoms. The second-order valence-corrected chi connectivity index (χ2v) is 3.76. The van der Waals surface area contributed by atoms with E-state index in [2.05, 4.69) is 0 Å². The van der Waals surface area contributed by atoms with E-state index in [1.54, 1.807) is 13.0 Å². The summed E-state index contributed by atoms with van der Waals surface area (Å²) in [7, 11) is 0. The molecule has 0 bridgehead atoms. The Morgan fingerprint density at radius 3 is 2.63 bits per heavy atom.